The number of aromatic nitrogens is 1. The van der Waals surface area contributed by atoms with Crippen molar-refractivity contribution in [2.75, 3.05) is 13.6 Å². The molecular weight excluding hydrogens is 316 g/mol. The molecule has 2 N–H and O–H groups in total. The zero-order valence-electron chi connectivity index (χ0n) is 13.1. The number of benzene rings is 1. The SMILES string of the molecule is CN=C(NCCc1ccc(Cl)cc1)NCc1sc(C)nc1C. The third kappa shape index (κ3) is 5.00. The molecule has 0 fully saturated rings. The Kier molecular flexibility index (Phi) is 6.21. The maximum absolute atomic E-state index is 5.88. The summed E-state index contributed by atoms with van der Waals surface area (Å²) in [5, 5.41) is 8.51. The van der Waals surface area contributed by atoms with Gasteiger partial charge in [-0.2, -0.15) is 0 Å². The molecule has 0 saturated carbocycles. The fraction of sp³-hybridized carbons (Fsp3) is 0.375. The molecule has 0 aliphatic rings. The summed E-state index contributed by atoms with van der Waals surface area (Å²) in [4.78, 5) is 9.92. The number of rotatable bonds is 5. The Balaban J connectivity index is 1.78. The summed E-state index contributed by atoms with van der Waals surface area (Å²) in [6.45, 7) is 5.64. The number of thiazole rings is 1. The molecule has 0 amide bonds. The molecule has 1 aromatic carbocycles. The van der Waals surface area contributed by atoms with Crippen molar-refractivity contribution in [1.29, 1.82) is 0 Å². The Morgan fingerprint density at radius 3 is 2.55 bits per heavy atom. The van der Waals surface area contributed by atoms with Crippen LogP contribution in [0.15, 0.2) is 29.3 Å². The number of aryl methyl sites for hydroxylation is 2. The van der Waals surface area contributed by atoms with E-state index in [2.05, 4.69) is 20.6 Å². The number of guanidine groups is 1. The predicted octanol–water partition coefficient (Wildman–Crippen LogP) is 3.32. The van der Waals surface area contributed by atoms with Gasteiger partial charge < -0.3 is 10.6 Å². The Labute approximate surface area is 140 Å². The average molecular weight is 337 g/mol. The number of hydrogen-bond acceptors (Lipinski definition) is 3. The topological polar surface area (TPSA) is 49.3 Å². The lowest BCUT2D eigenvalue weighted by atomic mass is 10.1. The first-order valence-corrected chi connectivity index (χ1v) is 8.40. The van der Waals surface area contributed by atoms with Crippen molar-refractivity contribution in [1.82, 2.24) is 15.6 Å². The monoisotopic (exact) mass is 336 g/mol. The second-order valence-electron chi connectivity index (χ2n) is 4.97. The van der Waals surface area contributed by atoms with Gasteiger partial charge in [-0.05, 0) is 38.0 Å². The Morgan fingerprint density at radius 1 is 1.23 bits per heavy atom. The van der Waals surface area contributed by atoms with Crippen LogP contribution in [0.5, 0.6) is 0 Å². The molecule has 0 bridgehead atoms. The first-order chi connectivity index (χ1) is 10.6. The van der Waals surface area contributed by atoms with E-state index in [1.165, 1.54) is 10.4 Å². The van der Waals surface area contributed by atoms with Crippen molar-refractivity contribution in [2.45, 2.75) is 26.8 Å². The molecule has 22 heavy (non-hydrogen) atoms. The van der Waals surface area contributed by atoms with E-state index >= 15 is 0 Å². The van der Waals surface area contributed by atoms with Gasteiger partial charge in [-0.3, -0.25) is 4.99 Å². The second-order valence-corrected chi connectivity index (χ2v) is 6.69. The standard InChI is InChI=1S/C16H21ClN4S/c1-11-15(22-12(2)21-11)10-20-16(18-3)19-9-8-13-4-6-14(17)7-5-13/h4-7H,8-10H2,1-3H3,(H2,18,19,20). The van der Waals surface area contributed by atoms with E-state index in [9.17, 15) is 0 Å². The highest BCUT2D eigenvalue weighted by Crippen LogP contribution is 2.16. The van der Waals surface area contributed by atoms with Crippen LogP contribution in [0, 0.1) is 13.8 Å². The van der Waals surface area contributed by atoms with E-state index in [1.54, 1.807) is 18.4 Å². The van der Waals surface area contributed by atoms with Gasteiger partial charge in [0.2, 0.25) is 0 Å². The minimum absolute atomic E-state index is 0.748. The highest BCUT2D eigenvalue weighted by atomic mass is 35.5. The van der Waals surface area contributed by atoms with Crippen LogP contribution in [0.1, 0.15) is 21.1 Å². The van der Waals surface area contributed by atoms with Gasteiger partial charge in [0.25, 0.3) is 0 Å². The zero-order chi connectivity index (χ0) is 15.9. The van der Waals surface area contributed by atoms with Gasteiger partial charge in [-0.15, -0.1) is 11.3 Å². The quantitative estimate of drug-likeness (QED) is 0.650. The van der Waals surface area contributed by atoms with Crippen molar-refractivity contribution in [3.8, 4) is 0 Å². The van der Waals surface area contributed by atoms with Crippen LogP contribution in [0.3, 0.4) is 0 Å². The van der Waals surface area contributed by atoms with Crippen LogP contribution < -0.4 is 10.6 Å². The number of nitrogens with zero attached hydrogens (tertiary/aromatic N) is 2. The van der Waals surface area contributed by atoms with Crippen molar-refractivity contribution < 1.29 is 0 Å². The van der Waals surface area contributed by atoms with Crippen molar-refractivity contribution in [3.63, 3.8) is 0 Å². The first kappa shape index (κ1) is 16.8. The lowest BCUT2D eigenvalue weighted by Gasteiger charge is -2.11. The predicted molar refractivity (Wildman–Crippen MR) is 94.9 cm³/mol. The van der Waals surface area contributed by atoms with Crippen molar-refractivity contribution >= 4 is 28.9 Å². The summed E-state index contributed by atoms with van der Waals surface area (Å²) in [5.41, 5.74) is 2.34. The second kappa shape index (κ2) is 8.15. The Hall–Kier alpha value is -1.59. The molecule has 0 spiro atoms. The lowest BCUT2D eigenvalue weighted by Crippen LogP contribution is -2.37. The first-order valence-electron chi connectivity index (χ1n) is 7.20. The largest absolute Gasteiger partial charge is 0.356 e. The lowest BCUT2D eigenvalue weighted by molar-refractivity contribution is 0.796. The van der Waals surface area contributed by atoms with Crippen molar-refractivity contribution in [2.24, 2.45) is 4.99 Å². The minimum Gasteiger partial charge on any atom is -0.356 e. The summed E-state index contributed by atoms with van der Waals surface area (Å²) < 4.78 is 0. The van der Waals surface area contributed by atoms with E-state index in [1.807, 2.05) is 38.1 Å². The molecule has 6 heteroatoms. The summed E-state index contributed by atoms with van der Waals surface area (Å²) >= 11 is 7.60. The van der Waals surface area contributed by atoms with Gasteiger partial charge in [0.15, 0.2) is 5.96 Å². The summed E-state index contributed by atoms with van der Waals surface area (Å²) in [5.74, 6) is 0.805. The fourth-order valence-electron chi connectivity index (χ4n) is 2.10. The van der Waals surface area contributed by atoms with Gasteiger partial charge >= 0.3 is 0 Å². The zero-order valence-corrected chi connectivity index (χ0v) is 14.7. The molecule has 1 aromatic heterocycles. The number of hydrogen-bond donors (Lipinski definition) is 2. The highest BCUT2D eigenvalue weighted by molar-refractivity contribution is 7.11. The molecule has 0 radical (unpaired) electrons. The molecule has 2 rings (SSSR count). The van der Waals surface area contributed by atoms with Crippen LogP contribution in [-0.4, -0.2) is 24.5 Å². The highest BCUT2D eigenvalue weighted by Gasteiger charge is 2.05. The fourth-order valence-corrected chi connectivity index (χ4v) is 3.10. The Bertz CT molecular complexity index is 634. The van der Waals surface area contributed by atoms with Gasteiger partial charge in [0.1, 0.15) is 0 Å². The third-order valence-electron chi connectivity index (χ3n) is 3.26. The van der Waals surface area contributed by atoms with Crippen LogP contribution in [-0.2, 0) is 13.0 Å². The summed E-state index contributed by atoms with van der Waals surface area (Å²) in [7, 11) is 1.78. The number of nitrogens with one attached hydrogen (secondary N) is 2. The van der Waals surface area contributed by atoms with Gasteiger partial charge in [-0.25, -0.2) is 4.98 Å². The maximum Gasteiger partial charge on any atom is 0.191 e. The molecule has 0 aliphatic heterocycles. The number of aliphatic imine (C=N–C) groups is 1. The van der Waals surface area contributed by atoms with Crippen LogP contribution >= 0.6 is 22.9 Å². The molecular formula is C16H21ClN4S. The molecule has 2 aromatic rings. The minimum atomic E-state index is 0.748. The van der Waals surface area contributed by atoms with Crippen molar-refractivity contribution in [3.05, 3.63) is 50.4 Å². The van der Waals surface area contributed by atoms with E-state index in [-0.39, 0.29) is 0 Å². The van der Waals surface area contributed by atoms with E-state index in [4.69, 9.17) is 11.6 Å². The maximum atomic E-state index is 5.88. The molecule has 0 unspecified atom stereocenters. The molecule has 0 aliphatic carbocycles. The smallest absolute Gasteiger partial charge is 0.191 e. The van der Waals surface area contributed by atoms with Gasteiger partial charge in [0.05, 0.1) is 17.2 Å². The Morgan fingerprint density at radius 2 is 1.95 bits per heavy atom. The van der Waals surface area contributed by atoms with Crippen LogP contribution in [0.4, 0.5) is 0 Å². The summed E-state index contributed by atoms with van der Waals surface area (Å²) in [6.07, 6.45) is 0.927. The normalized spacial score (nSPS) is 11.5. The molecule has 0 atom stereocenters. The average Bonchev–Trinajstić information content (AvgIpc) is 2.82. The third-order valence-corrected chi connectivity index (χ3v) is 4.58. The van der Waals surface area contributed by atoms with Crippen LogP contribution in [0.25, 0.3) is 0 Å². The molecule has 0 saturated heterocycles. The molecule has 4 nitrogen and oxygen atoms in total. The number of halogens is 1. The van der Waals surface area contributed by atoms with Gasteiger partial charge in [-0.1, -0.05) is 23.7 Å². The van der Waals surface area contributed by atoms with E-state index < -0.39 is 0 Å². The molecule has 118 valence electrons. The summed E-state index contributed by atoms with van der Waals surface area (Å²) in [6, 6.07) is 7.92. The molecule has 1 heterocycles. The van der Waals surface area contributed by atoms with Gasteiger partial charge in [0, 0.05) is 23.5 Å². The van der Waals surface area contributed by atoms with E-state index in [0.717, 1.165) is 41.2 Å². The van der Waals surface area contributed by atoms with E-state index in [0.29, 0.717) is 0 Å². The van der Waals surface area contributed by atoms with Crippen LogP contribution in [0.2, 0.25) is 5.02 Å².